The van der Waals surface area contributed by atoms with Gasteiger partial charge in [-0.3, -0.25) is 14.3 Å². The van der Waals surface area contributed by atoms with E-state index in [0.717, 1.165) is 0 Å². The van der Waals surface area contributed by atoms with Crippen molar-refractivity contribution in [3.8, 4) is 11.8 Å². The van der Waals surface area contributed by atoms with Crippen molar-refractivity contribution < 1.29 is 27.8 Å². The molecule has 1 aromatic rings. The van der Waals surface area contributed by atoms with Gasteiger partial charge in [-0.25, -0.2) is 4.79 Å². The van der Waals surface area contributed by atoms with Gasteiger partial charge in [-0.15, -0.1) is 5.92 Å². The van der Waals surface area contributed by atoms with Crippen molar-refractivity contribution in [1.29, 1.82) is 0 Å². The maximum Gasteiger partial charge on any atom is 0.423 e. The number of alkyl halides is 3. The zero-order valence-corrected chi connectivity index (χ0v) is 13.3. The largest absolute Gasteiger partial charge is 0.423 e. The molecule has 25 heavy (non-hydrogen) atoms. The summed E-state index contributed by atoms with van der Waals surface area (Å²) in [4.78, 5) is 24.8. The Morgan fingerprint density at radius 3 is 2.76 bits per heavy atom. The molecule has 3 atom stereocenters. The monoisotopic (exact) mass is 362 g/mol. The average molecular weight is 362 g/mol. The molecule has 0 radical (unpaired) electrons. The van der Waals surface area contributed by atoms with E-state index in [-0.39, 0.29) is 13.0 Å². The minimum absolute atomic E-state index is 0.0300. The molecule has 2 heterocycles. The highest BCUT2D eigenvalue weighted by atomic mass is 19.4. The molecule has 0 saturated carbocycles. The summed E-state index contributed by atoms with van der Waals surface area (Å²) in [5, 5.41) is 9.33. The van der Waals surface area contributed by atoms with Gasteiger partial charge in [0.15, 0.2) is 0 Å². The molecule has 1 saturated heterocycles. The fourth-order valence-electron chi connectivity index (χ4n) is 2.44. The van der Waals surface area contributed by atoms with Crippen LogP contribution in [0, 0.1) is 11.8 Å². The lowest BCUT2D eigenvalue weighted by molar-refractivity contribution is -0.139. The molecule has 0 aromatic carbocycles. The minimum Gasteiger partial charge on any atom is -0.394 e. The van der Waals surface area contributed by atoms with E-state index in [9.17, 15) is 27.9 Å². The van der Waals surface area contributed by atoms with E-state index in [1.54, 1.807) is 4.98 Å². The summed E-state index contributed by atoms with van der Waals surface area (Å²) in [6, 6.07) is 0. The van der Waals surface area contributed by atoms with Crippen LogP contribution in [0.3, 0.4) is 0 Å². The fraction of sp³-hybridized carbons (Fsp3) is 0.600. The summed E-state index contributed by atoms with van der Waals surface area (Å²) in [7, 11) is 0. The van der Waals surface area contributed by atoms with E-state index in [4.69, 9.17) is 9.47 Å². The summed E-state index contributed by atoms with van der Waals surface area (Å²) in [6.07, 6.45) is -6.39. The Hall–Kier alpha value is -2.09. The topological polar surface area (TPSA) is 93.6 Å². The highest BCUT2D eigenvalue weighted by Gasteiger charge is 2.39. The smallest absolute Gasteiger partial charge is 0.394 e. The summed E-state index contributed by atoms with van der Waals surface area (Å²) in [6.45, 7) is 1.49. The Bertz CT molecular complexity index is 774. The van der Waals surface area contributed by atoms with Crippen LogP contribution in [0.25, 0.3) is 0 Å². The van der Waals surface area contributed by atoms with Gasteiger partial charge in [-0.05, 0) is 0 Å². The Balaban J connectivity index is 2.24. The molecule has 2 N–H and O–H groups in total. The quantitative estimate of drug-likeness (QED) is 0.767. The van der Waals surface area contributed by atoms with Crippen LogP contribution in [-0.4, -0.2) is 40.1 Å². The highest BCUT2D eigenvalue weighted by Crippen LogP contribution is 2.31. The van der Waals surface area contributed by atoms with Gasteiger partial charge in [0.05, 0.1) is 12.7 Å². The van der Waals surface area contributed by atoms with E-state index in [0.29, 0.717) is 17.2 Å². The van der Waals surface area contributed by atoms with Crippen LogP contribution in [0.5, 0.6) is 0 Å². The van der Waals surface area contributed by atoms with Crippen LogP contribution >= 0.6 is 0 Å². The molecule has 1 aliphatic rings. The molecular weight excluding hydrogens is 345 g/mol. The average Bonchev–Trinajstić information content (AvgIpc) is 2.93. The molecule has 1 aliphatic heterocycles. The lowest BCUT2D eigenvalue weighted by atomic mass is 10.2. The molecule has 1 aromatic heterocycles. The van der Waals surface area contributed by atoms with Gasteiger partial charge in [0.2, 0.25) is 0 Å². The molecule has 10 heteroatoms. The first-order valence-corrected chi connectivity index (χ1v) is 7.54. The molecule has 0 spiro atoms. The number of hydrogen-bond acceptors (Lipinski definition) is 5. The van der Waals surface area contributed by atoms with Gasteiger partial charge < -0.3 is 14.6 Å². The van der Waals surface area contributed by atoms with Gasteiger partial charge in [-0.1, -0.05) is 12.8 Å². The van der Waals surface area contributed by atoms with E-state index in [2.05, 4.69) is 11.8 Å². The second kappa shape index (κ2) is 7.86. The van der Waals surface area contributed by atoms with Crippen molar-refractivity contribution in [3.05, 3.63) is 32.6 Å². The normalized spacial score (nSPS) is 23.3. The van der Waals surface area contributed by atoms with Crippen molar-refractivity contribution in [1.82, 2.24) is 9.55 Å². The first-order valence-electron chi connectivity index (χ1n) is 7.54. The van der Waals surface area contributed by atoms with Gasteiger partial charge >= 0.3 is 11.9 Å². The molecule has 0 unspecified atom stereocenters. The molecule has 0 amide bonds. The number of nitrogens with zero attached hydrogens (tertiary/aromatic N) is 1. The number of halogens is 3. The second-order valence-electron chi connectivity index (χ2n) is 5.31. The lowest BCUT2D eigenvalue weighted by Gasteiger charge is -2.16. The number of aromatic amines is 1. The molecule has 7 nitrogen and oxygen atoms in total. The Labute approximate surface area is 140 Å². The summed E-state index contributed by atoms with van der Waals surface area (Å²) in [5.41, 5.74) is -4.06. The van der Waals surface area contributed by atoms with Crippen LogP contribution in [0.1, 0.15) is 31.6 Å². The number of rotatable bonds is 4. The Kier molecular flexibility index (Phi) is 6.05. The minimum atomic E-state index is -4.91. The van der Waals surface area contributed by atoms with E-state index in [1.165, 1.54) is 0 Å². The van der Waals surface area contributed by atoms with E-state index < -0.39 is 48.0 Å². The number of aromatic nitrogens is 2. The molecule has 2 rings (SSSR count). The molecule has 0 aliphatic carbocycles. The molecule has 138 valence electrons. The van der Waals surface area contributed by atoms with Crippen molar-refractivity contribution in [2.75, 3.05) is 13.2 Å². The number of ether oxygens (including phenoxy) is 2. The second-order valence-corrected chi connectivity index (χ2v) is 5.31. The van der Waals surface area contributed by atoms with Gasteiger partial charge in [0, 0.05) is 19.0 Å². The standard InChI is InChI=1S/C15H17F3N2O5/c1-2-3-4-5-24-10-6-12(25-11(10)8-21)20-7-9(15(16,17)18)13(22)19-14(20)23/h7,10-12,21H,2,5-6,8H2,1H3,(H,19,22,23)/t10-,11+,12+/m0/s1. The van der Waals surface area contributed by atoms with Crippen LogP contribution in [0.15, 0.2) is 15.8 Å². The number of aliphatic hydroxyl groups is 1. The van der Waals surface area contributed by atoms with Crippen LogP contribution < -0.4 is 11.2 Å². The van der Waals surface area contributed by atoms with Crippen LogP contribution in [0.4, 0.5) is 13.2 Å². The van der Waals surface area contributed by atoms with Crippen molar-refractivity contribution in [2.45, 2.75) is 44.4 Å². The summed E-state index contributed by atoms with van der Waals surface area (Å²) in [5.74, 6) is 5.52. The number of aliphatic hydroxyl groups excluding tert-OH is 1. The van der Waals surface area contributed by atoms with Crippen LogP contribution in [-0.2, 0) is 15.7 Å². The molecule has 1 fully saturated rings. The van der Waals surface area contributed by atoms with Gasteiger partial charge in [0.1, 0.15) is 24.5 Å². The third kappa shape index (κ3) is 4.50. The van der Waals surface area contributed by atoms with Crippen molar-refractivity contribution in [3.63, 3.8) is 0 Å². The number of hydrogen-bond donors (Lipinski definition) is 2. The maximum absolute atomic E-state index is 12.8. The van der Waals surface area contributed by atoms with Crippen molar-refractivity contribution >= 4 is 0 Å². The number of H-pyrrole nitrogens is 1. The van der Waals surface area contributed by atoms with Gasteiger partial charge in [-0.2, -0.15) is 13.2 Å². The lowest BCUT2D eigenvalue weighted by Crippen LogP contribution is -2.36. The first-order chi connectivity index (χ1) is 11.8. The van der Waals surface area contributed by atoms with Gasteiger partial charge in [0.25, 0.3) is 5.56 Å². The predicted molar refractivity (Wildman–Crippen MR) is 79.7 cm³/mol. The Morgan fingerprint density at radius 1 is 1.44 bits per heavy atom. The predicted octanol–water partition coefficient (Wildman–Crippen LogP) is 0.634. The highest BCUT2D eigenvalue weighted by molar-refractivity contribution is 5.09. The van der Waals surface area contributed by atoms with E-state index >= 15 is 0 Å². The summed E-state index contributed by atoms with van der Waals surface area (Å²) >= 11 is 0. The molecule has 0 bridgehead atoms. The van der Waals surface area contributed by atoms with Crippen LogP contribution in [0.2, 0.25) is 0 Å². The SMILES string of the molecule is CCC#CCO[C@H]1C[C@H](n2cc(C(F)(F)F)c(=O)[nH]c2=O)O[C@@H]1CO. The zero-order chi connectivity index (χ0) is 18.6. The maximum atomic E-state index is 12.8. The third-order valence-electron chi connectivity index (χ3n) is 3.62. The third-order valence-corrected chi connectivity index (χ3v) is 3.62. The Morgan fingerprint density at radius 2 is 2.16 bits per heavy atom. The van der Waals surface area contributed by atoms with Crippen molar-refractivity contribution in [2.24, 2.45) is 0 Å². The zero-order valence-electron chi connectivity index (χ0n) is 13.3. The van der Waals surface area contributed by atoms with E-state index in [1.807, 2.05) is 6.92 Å². The first kappa shape index (κ1) is 19.2. The molecular formula is C15H17F3N2O5. The summed E-state index contributed by atoms with van der Waals surface area (Å²) < 4.78 is 50.1. The fourth-order valence-corrected chi connectivity index (χ4v) is 2.44. The number of nitrogens with one attached hydrogen (secondary N) is 1.